The van der Waals surface area contributed by atoms with Gasteiger partial charge in [-0.15, -0.1) is 0 Å². The summed E-state index contributed by atoms with van der Waals surface area (Å²) in [5, 5.41) is 0.722. The van der Waals surface area contributed by atoms with Gasteiger partial charge in [0.2, 0.25) is 0 Å². The van der Waals surface area contributed by atoms with E-state index in [1.807, 2.05) is 30.9 Å². The molecule has 4 aromatic rings. The summed E-state index contributed by atoms with van der Waals surface area (Å²) in [6, 6.07) is 6.27. The maximum Gasteiger partial charge on any atom is 0.154 e. The molecule has 0 bridgehead atoms. The van der Waals surface area contributed by atoms with E-state index in [1.54, 1.807) is 0 Å². The Kier molecular flexibility index (Phi) is 4.70. The molecule has 7 nitrogen and oxygen atoms in total. The lowest BCUT2D eigenvalue weighted by Gasteiger charge is -2.42. The number of anilines is 1. The van der Waals surface area contributed by atoms with Crippen LogP contribution in [0.15, 0.2) is 43.0 Å². The van der Waals surface area contributed by atoms with E-state index in [2.05, 4.69) is 33.3 Å². The van der Waals surface area contributed by atoms with Gasteiger partial charge in [0.1, 0.15) is 11.3 Å². The number of halogens is 1. The molecule has 0 radical (unpaired) electrons. The number of fused-ring (bicyclic) bond motifs is 2. The molecule has 3 aliphatic rings. The molecule has 2 aliphatic carbocycles. The van der Waals surface area contributed by atoms with Crippen LogP contribution in [-0.4, -0.2) is 37.4 Å². The van der Waals surface area contributed by atoms with Gasteiger partial charge < -0.3 is 10.6 Å². The van der Waals surface area contributed by atoms with Crippen LogP contribution in [0.25, 0.3) is 16.9 Å². The molecule has 178 valence electrons. The lowest BCUT2D eigenvalue weighted by molar-refractivity contribution is 0.187. The molecule has 1 aliphatic heterocycles. The van der Waals surface area contributed by atoms with Crippen molar-refractivity contribution in [3.63, 3.8) is 0 Å². The number of aromatic nitrogens is 5. The van der Waals surface area contributed by atoms with E-state index in [1.165, 1.54) is 11.3 Å². The lowest BCUT2D eigenvalue weighted by Crippen LogP contribution is -2.44. The molecule has 5 heterocycles. The minimum absolute atomic E-state index is 0.0487. The minimum Gasteiger partial charge on any atom is -0.355 e. The van der Waals surface area contributed by atoms with Gasteiger partial charge >= 0.3 is 0 Å². The van der Waals surface area contributed by atoms with E-state index in [-0.39, 0.29) is 11.5 Å². The quantitative estimate of drug-likeness (QED) is 0.445. The summed E-state index contributed by atoms with van der Waals surface area (Å²) in [6.07, 6.45) is 12.9. The fourth-order valence-corrected chi connectivity index (χ4v) is 6.45. The number of aryl methyl sites for hydroxylation is 1. The van der Waals surface area contributed by atoms with Crippen LogP contribution in [0.3, 0.4) is 0 Å². The van der Waals surface area contributed by atoms with Crippen molar-refractivity contribution in [1.29, 1.82) is 0 Å². The van der Waals surface area contributed by atoms with Gasteiger partial charge in [0.05, 0.1) is 16.9 Å². The van der Waals surface area contributed by atoms with Crippen LogP contribution in [0.2, 0.25) is 5.02 Å². The van der Waals surface area contributed by atoms with Gasteiger partial charge in [-0.1, -0.05) is 17.7 Å². The molecule has 1 saturated carbocycles. The number of piperidine rings is 1. The van der Waals surface area contributed by atoms with Crippen molar-refractivity contribution in [2.24, 2.45) is 11.1 Å². The average molecular weight is 486 g/mol. The SMILES string of the molecule is Cc1ccc2c(n1)CC1(CCN(c3nccn4c(-c5ccnc(C6CC6)c5Cl)ncc34)CC1)C2N. The third-order valence-electron chi connectivity index (χ3n) is 8.28. The highest BCUT2D eigenvalue weighted by Gasteiger charge is 2.47. The van der Waals surface area contributed by atoms with Crippen LogP contribution in [0.4, 0.5) is 5.82 Å². The van der Waals surface area contributed by atoms with Gasteiger partial charge in [-0.3, -0.25) is 14.4 Å². The molecule has 4 aromatic heterocycles. The zero-order valence-electron chi connectivity index (χ0n) is 19.8. The summed E-state index contributed by atoms with van der Waals surface area (Å²) in [5.74, 6) is 2.28. The molecule has 8 heteroatoms. The van der Waals surface area contributed by atoms with E-state index in [4.69, 9.17) is 32.3 Å². The molecule has 0 amide bonds. The molecule has 2 N–H and O–H groups in total. The van der Waals surface area contributed by atoms with E-state index in [0.717, 1.165) is 84.3 Å². The monoisotopic (exact) mass is 485 g/mol. The first-order valence-corrected chi connectivity index (χ1v) is 12.9. The fraction of sp³-hybridized carbons (Fsp3) is 0.407. The molecule has 1 spiro atoms. The molecule has 2 fully saturated rings. The second-order valence-corrected chi connectivity index (χ2v) is 10.8. The summed E-state index contributed by atoms with van der Waals surface area (Å²) in [4.78, 5) is 21.3. The van der Waals surface area contributed by atoms with E-state index >= 15 is 0 Å². The predicted molar refractivity (Wildman–Crippen MR) is 137 cm³/mol. The van der Waals surface area contributed by atoms with Crippen molar-refractivity contribution >= 4 is 22.9 Å². The Morgan fingerprint density at radius 1 is 1.06 bits per heavy atom. The Morgan fingerprint density at radius 2 is 1.89 bits per heavy atom. The standard InChI is InChI=1S/C27H28ClN7/c1-16-2-5-18-20(33-16)14-27(24(18)29)7-11-34(12-8-27)26-21-15-32-25(35(21)13-10-31-26)19-6-9-30-23(22(19)28)17-3-4-17/h2,5-6,9-10,13,15,17,24H,3-4,7-8,11-12,14,29H2,1H3. The lowest BCUT2D eigenvalue weighted by atomic mass is 9.73. The average Bonchev–Trinajstić information content (AvgIpc) is 3.57. The van der Waals surface area contributed by atoms with Crippen LogP contribution >= 0.6 is 11.6 Å². The van der Waals surface area contributed by atoms with Crippen LogP contribution in [-0.2, 0) is 6.42 Å². The van der Waals surface area contributed by atoms with Crippen LogP contribution in [0.1, 0.15) is 60.3 Å². The molecule has 7 rings (SSSR count). The summed E-state index contributed by atoms with van der Waals surface area (Å²) in [6.45, 7) is 3.88. The molecule has 1 atom stereocenters. The summed E-state index contributed by atoms with van der Waals surface area (Å²) in [5.41, 5.74) is 13.3. The van der Waals surface area contributed by atoms with Crippen LogP contribution in [0, 0.1) is 12.3 Å². The minimum atomic E-state index is 0.0487. The molecule has 35 heavy (non-hydrogen) atoms. The number of pyridine rings is 2. The van der Waals surface area contributed by atoms with Crippen LogP contribution in [0.5, 0.6) is 0 Å². The maximum absolute atomic E-state index is 6.80. The fourth-order valence-electron chi connectivity index (χ4n) is 6.10. The summed E-state index contributed by atoms with van der Waals surface area (Å²) >= 11 is 6.80. The van der Waals surface area contributed by atoms with E-state index in [9.17, 15) is 0 Å². The smallest absolute Gasteiger partial charge is 0.154 e. The number of hydrogen-bond acceptors (Lipinski definition) is 6. The van der Waals surface area contributed by atoms with Gasteiger partial charge in [0.25, 0.3) is 0 Å². The molecular formula is C27H28ClN7. The first-order valence-electron chi connectivity index (χ1n) is 12.5. The highest BCUT2D eigenvalue weighted by Crippen LogP contribution is 2.51. The maximum atomic E-state index is 6.80. The van der Waals surface area contributed by atoms with Gasteiger partial charge in [-0.05, 0) is 62.1 Å². The van der Waals surface area contributed by atoms with Crippen LogP contribution < -0.4 is 10.6 Å². The van der Waals surface area contributed by atoms with Crippen molar-refractivity contribution in [1.82, 2.24) is 24.3 Å². The summed E-state index contributed by atoms with van der Waals surface area (Å²) < 4.78 is 2.11. The number of hydrogen-bond donors (Lipinski definition) is 1. The first-order chi connectivity index (χ1) is 17.0. The topological polar surface area (TPSA) is 85.2 Å². The Morgan fingerprint density at radius 3 is 2.69 bits per heavy atom. The van der Waals surface area contributed by atoms with E-state index in [0.29, 0.717) is 5.92 Å². The molecular weight excluding hydrogens is 458 g/mol. The Bertz CT molecular complexity index is 1450. The van der Waals surface area contributed by atoms with Crippen molar-refractivity contribution in [3.8, 4) is 11.4 Å². The second kappa shape index (κ2) is 7.73. The molecule has 1 saturated heterocycles. The van der Waals surface area contributed by atoms with Crippen molar-refractivity contribution in [2.75, 3.05) is 18.0 Å². The van der Waals surface area contributed by atoms with Crippen molar-refractivity contribution in [3.05, 3.63) is 70.7 Å². The Hall–Kier alpha value is -3.03. The van der Waals surface area contributed by atoms with Gasteiger partial charge in [-0.2, -0.15) is 0 Å². The summed E-state index contributed by atoms with van der Waals surface area (Å²) in [7, 11) is 0. The highest BCUT2D eigenvalue weighted by atomic mass is 35.5. The number of nitrogens with zero attached hydrogens (tertiary/aromatic N) is 6. The number of nitrogens with two attached hydrogens (primary N) is 1. The number of imidazole rings is 1. The number of rotatable bonds is 3. The highest BCUT2D eigenvalue weighted by molar-refractivity contribution is 6.33. The van der Waals surface area contributed by atoms with Gasteiger partial charge in [0.15, 0.2) is 5.82 Å². The zero-order chi connectivity index (χ0) is 23.7. The molecule has 1 unspecified atom stereocenters. The largest absolute Gasteiger partial charge is 0.355 e. The van der Waals surface area contributed by atoms with Gasteiger partial charge in [-0.25, -0.2) is 9.97 Å². The third kappa shape index (κ3) is 3.28. The third-order valence-corrected chi connectivity index (χ3v) is 8.68. The normalized spacial score (nSPS) is 21.1. The first kappa shape index (κ1) is 21.3. The van der Waals surface area contributed by atoms with Gasteiger partial charge in [0, 0.05) is 60.6 Å². The van der Waals surface area contributed by atoms with E-state index < -0.39 is 0 Å². The Labute approximate surface area is 209 Å². The van der Waals surface area contributed by atoms with Crippen molar-refractivity contribution < 1.29 is 0 Å². The molecule has 0 aromatic carbocycles. The second-order valence-electron chi connectivity index (χ2n) is 10.4. The van der Waals surface area contributed by atoms with Crippen molar-refractivity contribution in [2.45, 2.75) is 51.0 Å². The zero-order valence-corrected chi connectivity index (χ0v) is 20.5. The Balaban J connectivity index is 1.18. The predicted octanol–water partition coefficient (Wildman–Crippen LogP) is 4.87.